The molecule has 0 radical (unpaired) electrons. The molecule has 4 aromatic rings. The van der Waals surface area contributed by atoms with E-state index in [1.165, 1.54) is 18.3 Å². The van der Waals surface area contributed by atoms with Crippen LogP contribution in [0.2, 0.25) is 0 Å². The Morgan fingerprint density at radius 2 is 1.60 bits per heavy atom. The first-order chi connectivity index (χ1) is 19.9. The molecule has 0 saturated carbocycles. The fourth-order valence-electron chi connectivity index (χ4n) is 3.40. The molecule has 2 aromatic heterocycles. The van der Waals surface area contributed by atoms with Crippen molar-refractivity contribution in [2.45, 2.75) is 25.1 Å². The summed E-state index contributed by atoms with van der Waals surface area (Å²) in [4.78, 5) is 37.4. The first-order valence-corrected chi connectivity index (χ1v) is 12.0. The number of nitrogens with two attached hydrogens (primary N) is 1. The first-order valence-electron chi connectivity index (χ1n) is 12.0. The van der Waals surface area contributed by atoms with Crippen LogP contribution < -0.4 is 10.5 Å². The monoisotopic (exact) mass is 585 g/mol. The molecule has 0 aliphatic heterocycles. The highest BCUT2D eigenvalue weighted by atomic mass is 19.4. The van der Waals surface area contributed by atoms with Gasteiger partial charge in [0, 0.05) is 18.3 Å². The molecule has 1 unspecified atom stereocenters. The molecule has 218 valence electrons. The predicted octanol–water partition coefficient (Wildman–Crippen LogP) is 4.95. The number of carboxylic acids is 2. The number of hydrogen-bond donors (Lipinski definition) is 3. The molecule has 0 amide bonds. The minimum atomic E-state index is -5.08. The van der Waals surface area contributed by atoms with Crippen LogP contribution in [0.5, 0.6) is 11.8 Å². The normalized spacial score (nSPS) is 12.0. The third-order valence-electron chi connectivity index (χ3n) is 5.40. The molecule has 0 saturated heterocycles. The molecule has 4 N–H and O–H groups in total. The smallest absolute Gasteiger partial charge is 0.481 e. The van der Waals surface area contributed by atoms with Crippen molar-refractivity contribution in [3.63, 3.8) is 0 Å². The van der Waals surface area contributed by atoms with Crippen LogP contribution in [0.25, 0.3) is 0 Å². The van der Waals surface area contributed by atoms with Gasteiger partial charge in [-0.1, -0.05) is 30.3 Å². The number of ether oxygens (including phenoxy) is 1. The summed E-state index contributed by atoms with van der Waals surface area (Å²) in [5.74, 6) is -3.88. The minimum Gasteiger partial charge on any atom is -0.481 e. The molecule has 4 rings (SSSR count). The van der Waals surface area contributed by atoms with Crippen LogP contribution in [0.1, 0.15) is 34.9 Å². The number of nitrogens with zero attached hydrogens (tertiary/aromatic N) is 4. The van der Waals surface area contributed by atoms with E-state index in [0.29, 0.717) is 35.1 Å². The summed E-state index contributed by atoms with van der Waals surface area (Å²) in [5, 5.41) is 16.5. The summed E-state index contributed by atoms with van der Waals surface area (Å²) < 4.78 is 50.9. The average Bonchev–Trinajstić information content (AvgIpc) is 2.96. The van der Waals surface area contributed by atoms with E-state index in [4.69, 9.17) is 20.4 Å². The molecule has 14 heteroatoms. The van der Waals surface area contributed by atoms with E-state index in [1.54, 1.807) is 42.6 Å². The Balaban J connectivity index is 0.000000616. The number of benzene rings is 2. The van der Waals surface area contributed by atoms with Crippen molar-refractivity contribution in [2.75, 3.05) is 0 Å². The molecule has 0 spiro atoms. The maximum atomic E-state index is 13.3. The van der Waals surface area contributed by atoms with Gasteiger partial charge in [0.05, 0.1) is 18.7 Å². The first kappa shape index (κ1) is 31.1. The Bertz CT molecular complexity index is 1520. The Morgan fingerprint density at radius 1 is 0.929 bits per heavy atom. The van der Waals surface area contributed by atoms with Crippen LogP contribution in [0.3, 0.4) is 0 Å². The van der Waals surface area contributed by atoms with Gasteiger partial charge in [-0.15, -0.1) is 0 Å². The Hall–Kier alpha value is -5.40. The number of rotatable bonds is 9. The lowest BCUT2D eigenvalue weighted by molar-refractivity contribution is -0.192. The molecular formula is C28H23F4N5O5. The standard InChI is InChI=1S/C26H22FN5O3.C2HF3O2/c27-19-8-6-18(7-9-19)21(15-24(33)34)22-12-14-30-26(32-22)35-20-10-4-17(5-11-20)16-31-25(28)23-3-1-2-13-29-23;3-2(4,5)1(6)7/h1-14,21H,15-16H2,(H2,28,31)(H,33,34);(H,6,7). The van der Waals surface area contributed by atoms with Crippen molar-refractivity contribution < 1.29 is 42.1 Å². The van der Waals surface area contributed by atoms with Crippen LogP contribution >= 0.6 is 0 Å². The lowest BCUT2D eigenvalue weighted by atomic mass is 9.92. The van der Waals surface area contributed by atoms with Crippen LogP contribution in [0.15, 0.2) is 90.2 Å². The van der Waals surface area contributed by atoms with Gasteiger partial charge in [-0.2, -0.15) is 18.2 Å². The highest BCUT2D eigenvalue weighted by Crippen LogP contribution is 2.28. The quantitative estimate of drug-likeness (QED) is 0.140. The zero-order valence-electron chi connectivity index (χ0n) is 21.6. The van der Waals surface area contributed by atoms with Gasteiger partial charge in [0.2, 0.25) is 0 Å². The van der Waals surface area contributed by atoms with E-state index in [-0.39, 0.29) is 12.4 Å². The topological polar surface area (TPSA) is 161 Å². The van der Waals surface area contributed by atoms with E-state index >= 15 is 0 Å². The zero-order chi connectivity index (χ0) is 30.7. The third-order valence-corrected chi connectivity index (χ3v) is 5.40. The number of carbonyl (C=O) groups is 2. The Kier molecular flexibility index (Phi) is 10.6. The highest BCUT2D eigenvalue weighted by Gasteiger charge is 2.38. The van der Waals surface area contributed by atoms with Crippen molar-refractivity contribution in [1.29, 1.82) is 0 Å². The second-order valence-electron chi connectivity index (χ2n) is 8.43. The molecule has 1 atom stereocenters. The highest BCUT2D eigenvalue weighted by molar-refractivity contribution is 5.95. The zero-order valence-corrected chi connectivity index (χ0v) is 21.6. The summed E-state index contributed by atoms with van der Waals surface area (Å²) in [6.07, 6.45) is -2.14. The molecule has 2 heterocycles. The molecule has 0 fully saturated rings. The summed E-state index contributed by atoms with van der Waals surface area (Å²) in [6, 6.07) is 20.0. The molecular weight excluding hydrogens is 562 g/mol. The van der Waals surface area contributed by atoms with Crippen molar-refractivity contribution in [1.82, 2.24) is 15.0 Å². The van der Waals surface area contributed by atoms with Crippen molar-refractivity contribution in [3.05, 3.63) is 114 Å². The van der Waals surface area contributed by atoms with E-state index in [2.05, 4.69) is 19.9 Å². The number of aromatic nitrogens is 3. The van der Waals surface area contributed by atoms with Gasteiger partial charge in [0.25, 0.3) is 0 Å². The lowest BCUT2D eigenvalue weighted by Gasteiger charge is -2.15. The molecule has 0 aliphatic rings. The van der Waals surface area contributed by atoms with Crippen molar-refractivity contribution in [3.8, 4) is 11.8 Å². The lowest BCUT2D eigenvalue weighted by Crippen LogP contribution is -2.21. The second-order valence-corrected chi connectivity index (χ2v) is 8.43. The molecule has 42 heavy (non-hydrogen) atoms. The van der Waals surface area contributed by atoms with Crippen LogP contribution in [-0.4, -0.2) is 49.1 Å². The number of aliphatic imine (C=N–C) groups is 1. The van der Waals surface area contributed by atoms with Gasteiger partial charge in [-0.3, -0.25) is 14.8 Å². The number of amidine groups is 1. The largest absolute Gasteiger partial charge is 0.490 e. The summed E-state index contributed by atoms with van der Waals surface area (Å²) in [5.41, 5.74) is 8.61. The van der Waals surface area contributed by atoms with Gasteiger partial charge in [-0.25, -0.2) is 14.2 Å². The second kappa shape index (κ2) is 14.3. The molecule has 0 bridgehead atoms. The van der Waals surface area contributed by atoms with E-state index < -0.39 is 29.9 Å². The number of halogens is 4. The summed E-state index contributed by atoms with van der Waals surface area (Å²) >= 11 is 0. The third kappa shape index (κ3) is 9.66. The van der Waals surface area contributed by atoms with Crippen LogP contribution in [0.4, 0.5) is 17.6 Å². The van der Waals surface area contributed by atoms with E-state index in [0.717, 1.165) is 5.56 Å². The Morgan fingerprint density at radius 3 is 2.17 bits per heavy atom. The van der Waals surface area contributed by atoms with Gasteiger partial charge < -0.3 is 20.7 Å². The van der Waals surface area contributed by atoms with E-state index in [1.807, 2.05) is 24.3 Å². The fraction of sp³-hybridized carbons (Fsp3) is 0.143. The number of pyridine rings is 1. The van der Waals surface area contributed by atoms with Crippen LogP contribution in [0, 0.1) is 5.82 Å². The maximum absolute atomic E-state index is 13.3. The van der Waals surface area contributed by atoms with Gasteiger partial charge in [-0.05, 0) is 53.6 Å². The van der Waals surface area contributed by atoms with Crippen molar-refractivity contribution in [2.24, 2.45) is 10.7 Å². The molecule has 0 aliphatic carbocycles. The maximum Gasteiger partial charge on any atom is 0.490 e. The average molecular weight is 586 g/mol. The fourth-order valence-corrected chi connectivity index (χ4v) is 3.40. The van der Waals surface area contributed by atoms with E-state index in [9.17, 15) is 27.5 Å². The van der Waals surface area contributed by atoms with Gasteiger partial charge >= 0.3 is 24.1 Å². The number of hydrogen-bond acceptors (Lipinski definition) is 7. The summed E-state index contributed by atoms with van der Waals surface area (Å²) in [7, 11) is 0. The Labute approximate surface area is 236 Å². The van der Waals surface area contributed by atoms with Crippen molar-refractivity contribution >= 4 is 17.8 Å². The van der Waals surface area contributed by atoms with Crippen LogP contribution in [-0.2, 0) is 16.1 Å². The summed E-state index contributed by atoms with van der Waals surface area (Å²) in [6.45, 7) is 0.378. The van der Waals surface area contributed by atoms with Gasteiger partial charge in [0.15, 0.2) is 0 Å². The number of carboxylic acid groups (broad SMARTS) is 2. The number of alkyl halides is 3. The predicted molar refractivity (Wildman–Crippen MR) is 141 cm³/mol. The number of aliphatic carboxylic acids is 2. The molecule has 2 aromatic carbocycles. The van der Waals surface area contributed by atoms with Gasteiger partial charge in [0.1, 0.15) is 23.1 Å². The minimum absolute atomic E-state index is 0.0742. The SMILES string of the molecule is NC(=NCc1ccc(Oc2nccc(C(CC(=O)O)c3ccc(F)cc3)n2)cc1)c1ccccn1.O=C(O)C(F)(F)F. The molecule has 10 nitrogen and oxygen atoms in total.